The average Bonchev–Trinajstić information content (AvgIpc) is 2.64. The van der Waals surface area contributed by atoms with Crippen molar-refractivity contribution < 1.29 is 9.53 Å². The number of ether oxygens (including phenoxy) is 1. The van der Waals surface area contributed by atoms with E-state index in [2.05, 4.69) is 12.6 Å². The van der Waals surface area contributed by atoms with E-state index in [0.29, 0.717) is 13.0 Å². The van der Waals surface area contributed by atoms with Gasteiger partial charge < -0.3 is 4.74 Å². The van der Waals surface area contributed by atoms with E-state index in [1.165, 1.54) is 0 Å². The third-order valence-corrected chi connectivity index (χ3v) is 4.35. The lowest BCUT2D eigenvalue weighted by Crippen LogP contribution is -2.69. The maximum absolute atomic E-state index is 12.9. The molecule has 3 rings (SSSR count). The molecular weight excluding hydrogens is 312 g/mol. The van der Waals surface area contributed by atoms with Crippen LogP contribution < -0.4 is 4.90 Å². The van der Waals surface area contributed by atoms with Gasteiger partial charge in [-0.1, -0.05) is 54.1 Å². The average molecular weight is 332 g/mol. The Labute approximate surface area is 148 Å². The highest BCUT2D eigenvalue weighted by atomic mass is 16.5. The molecule has 0 unspecified atom stereocenters. The Kier molecular flexibility index (Phi) is 4.69. The van der Waals surface area contributed by atoms with E-state index in [1.54, 1.807) is 4.90 Å². The second-order valence-electron chi connectivity index (χ2n) is 6.23. The van der Waals surface area contributed by atoms with E-state index in [-0.39, 0.29) is 5.91 Å². The Morgan fingerprint density at radius 3 is 2.36 bits per heavy atom. The Hall–Kier alpha value is -2.90. The molecule has 126 valence electrons. The van der Waals surface area contributed by atoms with Gasteiger partial charge in [0, 0.05) is 5.69 Å². The van der Waals surface area contributed by atoms with E-state index < -0.39 is 11.6 Å². The molecule has 0 aliphatic carbocycles. The van der Waals surface area contributed by atoms with Crippen LogP contribution in [0.4, 0.5) is 5.69 Å². The molecule has 4 heteroatoms. The smallest absolute Gasteiger partial charge is 0.277 e. The number of β-lactam (4-membered cyclic amide) rings is 1. The van der Waals surface area contributed by atoms with Gasteiger partial charge in [-0.2, -0.15) is 5.26 Å². The number of hydrogen-bond donors (Lipinski definition) is 0. The summed E-state index contributed by atoms with van der Waals surface area (Å²) in [4.78, 5) is 14.6. The topological polar surface area (TPSA) is 53.3 Å². The van der Waals surface area contributed by atoms with Crippen LogP contribution in [0.3, 0.4) is 0 Å². The molecule has 0 N–H and O–H groups in total. The highest BCUT2D eigenvalue weighted by Gasteiger charge is 2.64. The number of benzene rings is 2. The molecule has 0 saturated carbocycles. The van der Waals surface area contributed by atoms with Crippen LogP contribution in [0.15, 0.2) is 72.8 Å². The van der Waals surface area contributed by atoms with Gasteiger partial charge in [-0.15, -0.1) is 6.58 Å². The zero-order valence-electron chi connectivity index (χ0n) is 14.2. The van der Waals surface area contributed by atoms with Gasteiger partial charge in [0.2, 0.25) is 0 Å². The van der Waals surface area contributed by atoms with Gasteiger partial charge in [0.15, 0.2) is 0 Å². The second kappa shape index (κ2) is 6.92. The summed E-state index contributed by atoms with van der Waals surface area (Å²) < 4.78 is 5.84. The number of carbonyl (C=O) groups is 1. The van der Waals surface area contributed by atoms with E-state index in [4.69, 9.17) is 4.74 Å². The van der Waals surface area contributed by atoms with Crippen LogP contribution in [-0.4, -0.2) is 18.1 Å². The van der Waals surface area contributed by atoms with Crippen LogP contribution in [0.2, 0.25) is 0 Å². The van der Waals surface area contributed by atoms with Gasteiger partial charge in [0.25, 0.3) is 11.5 Å². The molecule has 1 amide bonds. The Morgan fingerprint density at radius 1 is 1.20 bits per heavy atom. The molecule has 1 aliphatic heterocycles. The van der Waals surface area contributed by atoms with Crippen molar-refractivity contribution in [1.29, 1.82) is 5.26 Å². The van der Waals surface area contributed by atoms with Crippen molar-refractivity contribution >= 4 is 11.6 Å². The summed E-state index contributed by atoms with van der Waals surface area (Å²) >= 11 is 0. The molecule has 2 atom stereocenters. The lowest BCUT2D eigenvalue weighted by atomic mass is 9.78. The first-order valence-electron chi connectivity index (χ1n) is 8.23. The van der Waals surface area contributed by atoms with Gasteiger partial charge in [-0.25, -0.2) is 0 Å². The molecule has 1 heterocycles. The lowest BCUT2D eigenvalue weighted by molar-refractivity contribution is -0.153. The molecule has 25 heavy (non-hydrogen) atoms. The van der Waals surface area contributed by atoms with Crippen LogP contribution in [0.5, 0.6) is 0 Å². The Balaban J connectivity index is 1.98. The van der Waals surface area contributed by atoms with Crippen LogP contribution in [0.25, 0.3) is 0 Å². The van der Waals surface area contributed by atoms with E-state index in [9.17, 15) is 10.1 Å². The fourth-order valence-corrected chi connectivity index (χ4v) is 3.07. The molecule has 0 spiro atoms. The summed E-state index contributed by atoms with van der Waals surface area (Å²) in [6.45, 7) is 6.04. The predicted octanol–water partition coefficient (Wildman–Crippen LogP) is 4.02. The van der Waals surface area contributed by atoms with Crippen molar-refractivity contribution in [1.82, 2.24) is 0 Å². The zero-order valence-corrected chi connectivity index (χ0v) is 14.2. The minimum absolute atomic E-state index is 0.292. The largest absolute Gasteiger partial charge is 0.350 e. The SMILES string of the molecule is C=C(C)CCO[C@@]1(C#N)C(=O)N(c2ccccc2)[C@@H]1c1ccccc1. The first-order chi connectivity index (χ1) is 12.1. The van der Waals surface area contributed by atoms with Crippen molar-refractivity contribution in [3.05, 3.63) is 78.4 Å². The number of nitriles is 1. The lowest BCUT2D eigenvalue weighted by Gasteiger charge is -2.51. The summed E-state index contributed by atoms with van der Waals surface area (Å²) in [6, 6.07) is 20.6. The van der Waals surface area contributed by atoms with Crippen molar-refractivity contribution in [2.75, 3.05) is 11.5 Å². The standard InChI is InChI=1S/C21H20N2O2/c1-16(2)13-14-25-21(15-22)19(17-9-5-3-6-10-17)23(20(21)24)18-11-7-4-8-12-18/h3-12,19H,1,13-14H2,2H3/t19-,21-/m1/s1. The first-order valence-corrected chi connectivity index (χ1v) is 8.23. The van der Waals surface area contributed by atoms with Crippen molar-refractivity contribution in [3.8, 4) is 6.07 Å². The predicted molar refractivity (Wildman–Crippen MR) is 96.8 cm³/mol. The van der Waals surface area contributed by atoms with Crippen LogP contribution in [0, 0.1) is 11.3 Å². The van der Waals surface area contributed by atoms with Gasteiger partial charge in [-0.05, 0) is 31.0 Å². The molecule has 1 aliphatic rings. The number of hydrogen-bond acceptors (Lipinski definition) is 3. The minimum Gasteiger partial charge on any atom is -0.350 e. The van der Waals surface area contributed by atoms with Gasteiger partial charge in [-0.3, -0.25) is 9.69 Å². The number of amides is 1. The maximum atomic E-state index is 12.9. The van der Waals surface area contributed by atoms with Crippen molar-refractivity contribution in [3.63, 3.8) is 0 Å². The molecule has 0 bridgehead atoms. The van der Waals surface area contributed by atoms with E-state index in [1.807, 2.05) is 67.6 Å². The normalized spacial score (nSPS) is 22.2. The fourth-order valence-electron chi connectivity index (χ4n) is 3.07. The second-order valence-corrected chi connectivity index (χ2v) is 6.23. The number of rotatable bonds is 6. The maximum Gasteiger partial charge on any atom is 0.277 e. The monoisotopic (exact) mass is 332 g/mol. The summed E-state index contributed by atoms with van der Waals surface area (Å²) in [5.74, 6) is -0.322. The van der Waals surface area contributed by atoms with E-state index >= 15 is 0 Å². The Bertz CT molecular complexity index is 811. The molecule has 2 aromatic rings. The summed E-state index contributed by atoms with van der Waals surface area (Å²) in [5.41, 5.74) is 1.10. The van der Waals surface area contributed by atoms with Gasteiger partial charge in [0.05, 0.1) is 6.61 Å². The highest BCUT2D eigenvalue weighted by molar-refractivity contribution is 6.10. The molecule has 1 saturated heterocycles. The molecule has 4 nitrogen and oxygen atoms in total. The quantitative estimate of drug-likeness (QED) is 0.593. The third kappa shape index (κ3) is 2.95. The van der Waals surface area contributed by atoms with Gasteiger partial charge >= 0.3 is 0 Å². The molecular formula is C21H20N2O2. The van der Waals surface area contributed by atoms with E-state index in [0.717, 1.165) is 16.8 Å². The summed E-state index contributed by atoms with van der Waals surface area (Å²) in [7, 11) is 0. The highest BCUT2D eigenvalue weighted by Crippen LogP contribution is 2.48. The summed E-state index contributed by atoms with van der Waals surface area (Å²) in [5, 5.41) is 9.82. The fraction of sp³-hybridized carbons (Fsp3) is 0.238. The number of nitrogens with zero attached hydrogens (tertiary/aromatic N) is 2. The van der Waals surface area contributed by atoms with Crippen LogP contribution >= 0.6 is 0 Å². The molecule has 1 fully saturated rings. The number of para-hydroxylation sites is 1. The zero-order chi connectivity index (χ0) is 17.9. The van der Waals surface area contributed by atoms with Crippen LogP contribution in [-0.2, 0) is 9.53 Å². The van der Waals surface area contributed by atoms with Gasteiger partial charge in [0.1, 0.15) is 12.1 Å². The molecule has 0 aromatic heterocycles. The van der Waals surface area contributed by atoms with Crippen molar-refractivity contribution in [2.45, 2.75) is 25.0 Å². The first kappa shape index (κ1) is 16.9. The van der Waals surface area contributed by atoms with Crippen molar-refractivity contribution in [2.24, 2.45) is 0 Å². The number of carbonyl (C=O) groups excluding carboxylic acids is 1. The minimum atomic E-state index is -1.49. The summed E-state index contributed by atoms with van der Waals surface area (Å²) in [6.07, 6.45) is 0.615. The molecule has 2 aromatic carbocycles. The molecule has 0 radical (unpaired) electrons. The third-order valence-electron chi connectivity index (χ3n) is 4.35. The Morgan fingerprint density at radius 2 is 1.80 bits per heavy atom. The van der Waals surface area contributed by atoms with Crippen LogP contribution in [0.1, 0.15) is 24.9 Å². The number of anilines is 1.